The number of esters is 1. The van der Waals surface area contributed by atoms with Crippen molar-refractivity contribution < 1.29 is 23.8 Å². The number of hydrogen-bond acceptors (Lipinski definition) is 7. The average Bonchev–Trinajstić information content (AvgIpc) is 3.12. The summed E-state index contributed by atoms with van der Waals surface area (Å²) in [5.41, 5.74) is 6.97. The molecule has 1 atom stereocenters. The number of rotatable bonds is 6. The van der Waals surface area contributed by atoms with Crippen LogP contribution in [0.1, 0.15) is 12.5 Å². The number of amidine groups is 1. The fourth-order valence-corrected chi connectivity index (χ4v) is 3.34. The number of ether oxygens (including phenoxy) is 3. The smallest absolute Gasteiger partial charge is 0.415 e. The number of hydrogen-bond donors (Lipinski definition) is 2. The molecule has 0 spiro atoms. The van der Waals surface area contributed by atoms with E-state index in [9.17, 15) is 9.59 Å². The Balaban J connectivity index is 1.51. The van der Waals surface area contributed by atoms with Gasteiger partial charge in [0.05, 0.1) is 23.3 Å². The number of carbonyl (C=O) groups excluding carboxylic acids is 2. The van der Waals surface area contributed by atoms with Crippen LogP contribution in [-0.4, -0.2) is 42.1 Å². The number of carbonyl (C=O) groups is 2. The number of cyclic esters (lactones) is 1. The van der Waals surface area contributed by atoms with Gasteiger partial charge >= 0.3 is 12.1 Å². The molecule has 0 aliphatic carbocycles. The van der Waals surface area contributed by atoms with Gasteiger partial charge in [0, 0.05) is 18.5 Å². The molecule has 4 rings (SSSR count). The summed E-state index contributed by atoms with van der Waals surface area (Å²) in [5, 5.41) is 8.67. The van der Waals surface area contributed by atoms with E-state index in [0.717, 1.165) is 10.9 Å². The molecular formula is C22H20N4O5. The third kappa shape index (κ3) is 4.25. The Morgan fingerprint density at radius 1 is 1.29 bits per heavy atom. The summed E-state index contributed by atoms with van der Waals surface area (Å²) in [6, 6.07) is 14.1. The monoisotopic (exact) mass is 420 g/mol. The molecule has 1 fully saturated rings. The van der Waals surface area contributed by atoms with Crippen LogP contribution in [0.15, 0.2) is 54.7 Å². The Labute approximate surface area is 177 Å². The van der Waals surface area contributed by atoms with E-state index in [-0.39, 0.29) is 30.3 Å². The van der Waals surface area contributed by atoms with E-state index in [2.05, 4.69) is 4.98 Å². The van der Waals surface area contributed by atoms with Gasteiger partial charge in [-0.3, -0.25) is 20.1 Å². The van der Waals surface area contributed by atoms with Crippen molar-refractivity contribution in [2.75, 3.05) is 18.1 Å². The number of pyridine rings is 1. The Hall–Kier alpha value is -4.14. The molecule has 3 aromatic rings. The summed E-state index contributed by atoms with van der Waals surface area (Å²) in [7, 11) is 0. The highest BCUT2D eigenvalue weighted by molar-refractivity contribution is 6.02. The van der Waals surface area contributed by atoms with Gasteiger partial charge in [0.15, 0.2) is 11.9 Å². The van der Waals surface area contributed by atoms with Crippen LogP contribution in [0.3, 0.4) is 0 Å². The van der Waals surface area contributed by atoms with Crippen LogP contribution in [0.2, 0.25) is 0 Å². The molecule has 1 amide bonds. The first-order chi connectivity index (χ1) is 14.9. The fourth-order valence-electron chi connectivity index (χ4n) is 3.34. The Kier molecular flexibility index (Phi) is 5.40. The molecule has 0 saturated carbocycles. The molecule has 1 aliphatic heterocycles. The maximum absolute atomic E-state index is 12.5. The van der Waals surface area contributed by atoms with Gasteiger partial charge < -0.3 is 19.9 Å². The lowest BCUT2D eigenvalue weighted by Gasteiger charge is -2.19. The summed E-state index contributed by atoms with van der Waals surface area (Å²) in [4.78, 5) is 29.7. The first-order valence-corrected chi connectivity index (χ1v) is 9.54. The second-order valence-corrected chi connectivity index (χ2v) is 6.95. The van der Waals surface area contributed by atoms with E-state index in [1.54, 1.807) is 30.5 Å². The number of nitrogens with zero attached hydrogens (tertiary/aromatic N) is 2. The molecule has 3 N–H and O–H groups in total. The van der Waals surface area contributed by atoms with Gasteiger partial charge in [0.2, 0.25) is 0 Å². The predicted molar refractivity (Wildman–Crippen MR) is 114 cm³/mol. The molecule has 0 bridgehead atoms. The van der Waals surface area contributed by atoms with E-state index < -0.39 is 18.2 Å². The van der Waals surface area contributed by atoms with E-state index in [0.29, 0.717) is 11.4 Å². The molecule has 2 aromatic carbocycles. The lowest BCUT2D eigenvalue weighted by molar-refractivity contribution is -0.131. The number of para-hydroxylation sites is 1. The third-order valence-electron chi connectivity index (χ3n) is 4.71. The number of nitrogen functional groups attached to an aromatic ring is 1. The number of nitrogens with one attached hydrogen (secondary N) is 1. The number of aromatic nitrogens is 1. The third-order valence-corrected chi connectivity index (χ3v) is 4.71. The lowest BCUT2D eigenvalue weighted by atomic mass is 10.1. The largest absolute Gasteiger partial charge is 0.490 e. The quantitative estimate of drug-likeness (QED) is 0.272. The van der Waals surface area contributed by atoms with Crippen molar-refractivity contribution in [1.82, 2.24) is 4.98 Å². The van der Waals surface area contributed by atoms with Crippen LogP contribution >= 0.6 is 0 Å². The van der Waals surface area contributed by atoms with Gasteiger partial charge in [0.1, 0.15) is 18.2 Å². The number of anilines is 1. The van der Waals surface area contributed by atoms with E-state index >= 15 is 0 Å². The summed E-state index contributed by atoms with van der Waals surface area (Å²) in [5.74, 6) is -0.193. The molecule has 31 heavy (non-hydrogen) atoms. The minimum absolute atomic E-state index is 0.0445. The molecule has 1 aliphatic rings. The second-order valence-electron chi connectivity index (χ2n) is 6.95. The van der Waals surface area contributed by atoms with Crippen LogP contribution < -0.4 is 20.1 Å². The van der Waals surface area contributed by atoms with Crippen molar-refractivity contribution in [1.29, 1.82) is 5.41 Å². The normalized spacial score (nSPS) is 15.6. The summed E-state index contributed by atoms with van der Waals surface area (Å²) >= 11 is 0. The number of fused-ring (bicyclic) bond motifs is 1. The highest BCUT2D eigenvalue weighted by Crippen LogP contribution is 2.35. The molecular weight excluding hydrogens is 400 g/mol. The SMILES string of the molecule is CC(=O)Oc1c(C(=N)N)cccc1N1CC(COc2ccc3ncccc3c2)OC1=O. The Bertz CT molecular complexity index is 1180. The topological polar surface area (TPSA) is 128 Å². The van der Waals surface area contributed by atoms with Gasteiger partial charge in [0.25, 0.3) is 0 Å². The zero-order chi connectivity index (χ0) is 22.0. The van der Waals surface area contributed by atoms with Crippen LogP contribution in [0.4, 0.5) is 10.5 Å². The molecule has 1 unspecified atom stereocenters. The molecule has 1 saturated heterocycles. The zero-order valence-electron chi connectivity index (χ0n) is 16.7. The summed E-state index contributed by atoms with van der Waals surface area (Å²) in [6.45, 7) is 1.56. The van der Waals surface area contributed by atoms with Crippen molar-refractivity contribution in [3.05, 3.63) is 60.3 Å². The first kappa shape index (κ1) is 20.1. The Morgan fingerprint density at radius 2 is 2.13 bits per heavy atom. The molecule has 2 heterocycles. The standard InChI is InChI=1S/C22H20N4O5/c1-13(27)30-20-17(21(23)24)5-2-6-19(20)26-11-16(31-22(26)28)12-29-15-7-8-18-14(10-15)4-3-9-25-18/h2-10,16H,11-12H2,1H3,(H3,23,24). The maximum atomic E-state index is 12.5. The van der Waals surface area contributed by atoms with Crippen LogP contribution in [0, 0.1) is 5.41 Å². The van der Waals surface area contributed by atoms with Crippen molar-refractivity contribution in [3.8, 4) is 11.5 Å². The van der Waals surface area contributed by atoms with E-state index in [1.165, 1.54) is 11.8 Å². The highest BCUT2D eigenvalue weighted by Gasteiger charge is 2.35. The summed E-state index contributed by atoms with van der Waals surface area (Å²) < 4.78 is 16.5. The van der Waals surface area contributed by atoms with Gasteiger partial charge in [-0.1, -0.05) is 12.1 Å². The number of amides is 1. The number of benzene rings is 2. The maximum Gasteiger partial charge on any atom is 0.415 e. The molecule has 0 radical (unpaired) electrons. The van der Waals surface area contributed by atoms with Crippen LogP contribution in [0.5, 0.6) is 11.5 Å². The fraction of sp³-hybridized carbons (Fsp3) is 0.182. The number of nitrogens with two attached hydrogens (primary N) is 1. The Morgan fingerprint density at radius 3 is 2.90 bits per heavy atom. The average molecular weight is 420 g/mol. The molecule has 158 valence electrons. The zero-order valence-corrected chi connectivity index (χ0v) is 16.7. The van der Waals surface area contributed by atoms with Crippen molar-refractivity contribution in [3.63, 3.8) is 0 Å². The van der Waals surface area contributed by atoms with Gasteiger partial charge in [-0.2, -0.15) is 0 Å². The van der Waals surface area contributed by atoms with Crippen LogP contribution in [-0.2, 0) is 9.53 Å². The second kappa shape index (κ2) is 8.31. The van der Waals surface area contributed by atoms with E-state index in [1.807, 2.05) is 24.3 Å². The highest BCUT2D eigenvalue weighted by atomic mass is 16.6. The minimum atomic E-state index is -0.606. The first-order valence-electron chi connectivity index (χ1n) is 9.54. The van der Waals surface area contributed by atoms with Crippen molar-refractivity contribution in [2.24, 2.45) is 5.73 Å². The van der Waals surface area contributed by atoms with Crippen molar-refractivity contribution in [2.45, 2.75) is 13.0 Å². The van der Waals surface area contributed by atoms with Gasteiger partial charge in [-0.25, -0.2) is 4.79 Å². The van der Waals surface area contributed by atoms with Crippen LogP contribution in [0.25, 0.3) is 10.9 Å². The summed E-state index contributed by atoms with van der Waals surface area (Å²) in [6.07, 6.45) is 0.578. The minimum Gasteiger partial charge on any atom is -0.490 e. The lowest BCUT2D eigenvalue weighted by Crippen LogP contribution is -2.28. The van der Waals surface area contributed by atoms with E-state index in [4.69, 9.17) is 25.4 Å². The van der Waals surface area contributed by atoms with Gasteiger partial charge in [-0.15, -0.1) is 0 Å². The predicted octanol–water partition coefficient (Wildman–Crippen LogP) is 2.85. The molecule has 1 aromatic heterocycles. The van der Waals surface area contributed by atoms with Gasteiger partial charge in [-0.05, 0) is 36.4 Å². The molecule has 9 nitrogen and oxygen atoms in total. The molecule has 9 heteroatoms. The van der Waals surface area contributed by atoms with Crippen molar-refractivity contribution >= 4 is 34.5 Å².